The lowest BCUT2D eigenvalue weighted by Crippen LogP contribution is -2.11. The van der Waals surface area contributed by atoms with Crippen molar-refractivity contribution in [2.24, 2.45) is 0 Å². The number of hydrogen-bond donors (Lipinski definition) is 1. The Bertz CT molecular complexity index is 433. The van der Waals surface area contributed by atoms with E-state index < -0.39 is 0 Å². The summed E-state index contributed by atoms with van der Waals surface area (Å²) in [6, 6.07) is 3.61. The van der Waals surface area contributed by atoms with Crippen molar-refractivity contribution in [2.75, 3.05) is 26.4 Å². The highest BCUT2D eigenvalue weighted by Crippen LogP contribution is 2.33. The van der Waals surface area contributed by atoms with Gasteiger partial charge in [-0.3, -0.25) is 4.79 Å². The van der Waals surface area contributed by atoms with Gasteiger partial charge in [0.15, 0.2) is 11.5 Å². The molecule has 1 aromatic rings. The smallest absolute Gasteiger partial charge is 0.302 e. The molecule has 0 radical (unpaired) electrons. The molecule has 0 atom stereocenters. The molecular weight excluding hydrogens is 316 g/mol. The monoisotopic (exact) mass is 332 g/mol. The lowest BCUT2D eigenvalue weighted by atomic mass is 10.2. The number of ether oxygens (including phenoxy) is 3. The summed E-state index contributed by atoms with van der Waals surface area (Å²) in [4.78, 5) is 10.6. The number of aliphatic hydroxyl groups is 1. The van der Waals surface area contributed by atoms with Gasteiger partial charge in [0.05, 0.1) is 6.61 Å². The Morgan fingerprint density at radius 2 is 1.84 bits per heavy atom. The number of rotatable bonds is 7. The Morgan fingerprint density at radius 3 is 2.47 bits per heavy atom. The molecule has 0 fully saturated rings. The van der Waals surface area contributed by atoms with Crippen LogP contribution in [0, 0.1) is 6.92 Å². The van der Waals surface area contributed by atoms with E-state index in [0.29, 0.717) is 11.5 Å². The van der Waals surface area contributed by atoms with Crippen LogP contribution in [-0.4, -0.2) is 37.5 Å². The second-order valence-electron chi connectivity index (χ2n) is 3.81. The average molecular weight is 333 g/mol. The molecule has 1 rings (SSSR count). The second kappa shape index (κ2) is 8.01. The average Bonchev–Trinajstić information content (AvgIpc) is 2.36. The van der Waals surface area contributed by atoms with Crippen molar-refractivity contribution in [3.8, 4) is 11.5 Å². The van der Waals surface area contributed by atoms with Gasteiger partial charge in [0.2, 0.25) is 0 Å². The van der Waals surface area contributed by atoms with Gasteiger partial charge in [-0.15, -0.1) is 0 Å². The number of carbonyl (C=O) groups excluding carboxylic acids is 1. The van der Waals surface area contributed by atoms with E-state index in [1.54, 1.807) is 6.07 Å². The molecule has 0 saturated carbocycles. The summed E-state index contributed by atoms with van der Waals surface area (Å²) in [6.07, 6.45) is 0. The summed E-state index contributed by atoms with van der Waals surface area (Å²) in [5.41, 5.74) is 1.00. The fraction of sp³-hybridized carbons (Fsp3) is 0.462. The number of benzene rings is 1. The molecule has 1 N–H and O–H groups in total. The van der Waals surface area contributed by atoms with E-state index >= 15 is 0 Å². The molecule has 106 valence electrons. The molecule has 0 aromatic heterocycles. The first kappa shape index (κ1) is 15.8. The second-order valence-corrected chi connectivity index (χ2v) is 4.66. The Balaban J connectivity index is 2.67. The van der Waals surface area contributed by atoms with Gasteiger partial charge in [-0.25, -0.2) is 0 Å². The molecule has 0 aliphatic heterocycles. The number of aryl methyl sites for hydroxylation is 1. The van der Waals surface area contributed by atoms with Gasteiger partial charge < -0.3 is 19.3 Å². The molecule has 0 amide bonds. The van der Waals surface area contributed by atoms with Crippen molar-refractivity contribution < 1.29 is 24.1 Å². The van der Waals surface area contributed by atoms with Crippen molar-refractivity contribution in [3.63, 3.8) is 0 Å². The highest BCUT2D eigenvalue weighted by molar-refractivity contribution is 9.10. The Hall–Kier alpha value is -1.27. The summed E-state index contributed by atoms with van der Waals surface area (Å²) in [6.45, 7) is 3.82. The fourth-order valence-electron chi connectivity index (χ4n) is 1.35. The topological polar surface area (TPSA) is 65.0 Å². The van der Waals surface area contributed by atoms with Crippen LogP contribution in [0.15, 0.2) is 16.6 Å². The zero-order chi connectivity index (χ0) is 14.3. The minimum Gasteiger partial charge on any atom is -0.487 e. The molecule has 0 heterocycles. The SMILES string of the molecule is CC(=O)OCCOc1cc(Br)c(C)cc1OCCO. The minimum absolute atomic E-state index is 0.0675. The number of hydrogen-bond acceptors (Lipinski definition) is 5. The van der Waals surface area contributed by atoms with E-state index in [1.807, 2.05) is 13.0 Å². The number of carbonyl (C=O) groups is 1. The molecule has 5 nitrogen and oxygen atoms in total. The minimum atomic E-state index is -0.342. The summed E-state index contributed by atoms with van der Waals surface area (Å²) < 4.78 is 16.6. The number of esters is 1. The first-order chi connectivity index (χ1) is 9.04. The molecule has 6 heteroatoms. The zero-order valence-electron chi connectivity index (χ0n) is 10.9. The lowest BCUT2D eigenvalue weighted by Gasteiger charge is -2.14. The van der Waals surface area contributed by atoms with Crippen LogP contribution in [0.3, 0.4) is 0 Å². The van der Waals surface area contributed by atoms with Crippen LogP contribution in [0.5, 0.6) is 11.5 Å². The Morgan fingerprint density at radius 1 is 1.21 bits per heavy atom. The summed E-state index contributed by atoms with van der Waals surface area (Å²) >= 11 is 3.41. The fourth-order valence-corrected chi connectivity index (χ4v) is 1.68. The lowest BCUT2D eigenvalue weighted by molar-refractivity contribution is -0.141. The van der Waals surface area contributed by atoms with Crippen molar-refractivity contribution in [2.45, 2.75) is 13.8 Å². The van der Waals surface area contributed by atoms with Crippen LogP contribution in [0.25, 0.3) is 0 Å². The van der Waals surface area contributed by atoms with E-state index in [9.17, 15) is 4.79 Å². The normalized spacial score (nSPS) is 10.1. The predicted octanol–water partition coefficient (Wildman–Crippen LogP) is 2.07. The van der Waals surface area contributed by atoms with Crippen molar-refractivity contribution in [1.82, 2.24) is 0 Å². The number of aliphatic hydroxyl groups excluding tert-OH is 1. The first-order valence-electron chi connectivity index (χ1n) is 5.84. The van der Waals surface area contributed by atoms with Gasteiger partial charge in [0.1, 0.15) is 19.8 Å². The van der Waals surface area contributed by atoms with Crippen LogP contribution in [-0.2, 0) is 9.53 Å². The standard InChI is InChI=1S/C13H17BrO5/c1-9-7-12(18-4-3-15)13(8-11(9)14)19-6-5-17-10(2)16/h7-8,15H,3-6H2,1-2H3. The maximum absolute atomic E-state index is 10.6. The third-order valence-corrected chi connectivity index (χ3v) is 3.07. The third-order valence-electron chi connectivity index (χ3n) is 2.22. The summed E-state index contributed by atoms with van der Waals surface area (Å²) in [5, 5.41) is 8.78. The highest BCUT2D eigenvalue weighted by Gasteiger charge is 2.09. The maximum atomic E-state index is 10.6. The number of halogens is 1. The van der Waals surface area contributed by atoms with Crippen molar-refractivity contribution in [3.05, 3.63) is 22.2 Å². The molecule has 19 heavy (non-hydrogen) atoms. The van der Waals surface area contributed by atoms with E-state index in [-0.39, 0.29) is 32.4 Å². The molecule has 0 saturated heterocycles. The van der Waals surface area contributed by atoms with E-state index in [4.69, 9.17) is 19.3 Å². The van der Waals surface area contributed by atoms with Crippen LogP contribution in [0.2, 0.25) is 0 Å². The Labute approximate surface area is 120 Å². The summed E-state index contributed by atoms with van der Waals surface area (Å²) in [5.74, 6) is 0.751. The van der Waals surface area contributed by atoms with Gasteiger partial charge in [-0.05, 0) is 24.6 Å². The van der Waals surface area contributed by atoms with E-state index in [2.05, 4.69) is 15.9 Å². The van der Waals surface area contributed by atoms with Gasteiger partial charge in [-0.1, -0.05) is 15.9 Å². The maximum Gasteiger partial charge on any atom is 0.302 e. The summed E-state index contributed by atoms with van der Waals surface area (Å²) in [7, 11) is 0. The largest absolute Gasteiger partial charge is 0.487 e. The molecule has 0 bridgehead atoms. The first-order valence-corrected chi connectivity index (χ1v) is 6.64. The quantitative estimate of drug-likeness (QED) is 0.611. The third kappa shape index (κ3) is 5.48. The van der Waals surface area contributed by atoms with Gasteiger partial charge in [0.25, 0.3) is 0 Å². The molecule has 0 aliphatic rings. The Kier molecular flexibility index (Phi) is 6.66. The van der Waals surface area contributed by atoms with Crippen LogP contribution < -0.4 is 9.47 Å². The van der Waals surface area contributed by atoms with Crippen LogP contribution >= 0.6 is 15.9 Å². The predicted molar refractivity (Wildman–Crippen MR) is 73.6 cm³/mol. The van der Waals surface area contributed by atoms with Crippen molar-refractivity contribution >= 4 is 21.9 Å². The van der Waals surface area contributed by atoms with Crippen LogP contribution in [0.1, 0.15) is 12.5 Å². The van der Waals surface area contributed by atoms with Gasteiger partial charge in [0, 0.05) is 11.4 Å². The molecular formula is C13H17BrO5. The van der Waals surface area contributed by atoms with Crippen LogP contribution in [0.4, 0.5) is 0 Å². The molecule has 0 unspecified atom stereocenters. The molecule has 0 spiro atoms. The zero-order valence-corrected chi connectivity index (χ0v) is 12.5. The van der Waals surface area contributed by atoms with E-state index in [0.717, 1.165) is 10.0 Å². The molecule has 0 aliphatic carbocycles. The van der Waals surface area contributed by atoms with Crippen molar-refractivity contribution in [1.29, 1.82) is 0 Å². The highest BCUT2D eigenvalue weighted by atomic mass is 79.9. The van der Waals surface area contributed by atoms with Gasteiger partial charge >= 0.3 is 5.97 Å². The van der Waals surface area contributed by atoms with Gasteiger partial charge in [-0.2, -0.15) is 0 Å². The van der Waals surface area contributed by atoms with E-state index in [1.165, 1.54) is 6.92 Å². The molecule has 1 aromatic carbocycles.